The zero-order valence-corrected chi connectivity index (χ0v) is 18.9. The van der Waals surface area contributed by atoms with Crippen LogP contribution in [0, 0.1) is 0 Å². The zero-order valence-electron chi connectivity index (χ0n) is 18.9. The van der Waals surface area contributed by atoms with E-state index in [4.69, 9.17) is 9.47 Å². The second-order valence-electron chi connectivity index (χ2n) is 7.94. The Morgan fingerprint density at radius 2 is 1.94 bits per heavy atom. The molecule has 8 heteroatoms. The van der Waals surface area contributed by atoms with Crippen molar-refractivity contribution in [3.05, 3.63) is 76.6 Å². The fourth-order valence-corrected chi connectivity index (χ4v) is 4.04. The van der Waals surface area contributed by atoms with Crippen LogP contribution in [-0.2, 0) is 30.6 Å². The van der Waals surface area contributed by atoms with E-state index in [9.17, 15) is 9.59 Å². The predicted molar refractivity (Wildman–Crippen MR) is 123 cm³/mol. The first-order valence-corrected chi connectivity index (χ1v) is 11.0. The van der Waals surface area contributed by atoms with E-state index >= 15 is 0 Å². The molecule has 3 aromatic rings. The van der Waals surface area contributed by atoms with Gasteiger partial charge in [0, 0.05) is 42.9 Å². The number of nitrogens with zero attached hydrogens (tertiary/aromatic N) is 2. The Labute approximate surface area is 192 Å². The summed E-state index contributed by atoms with van der Waals surface area (Å²) in [6.07, 6.45) is 1.55. The predicted octanol–water partition coefficient (Wildman–Crippen LogP) is 2.53. The van der Waals surface area contributed by atoms with Crippen molar-refractivity contribution in [2.75, 3.05) is 27.3 Å². The zero-order chi connectivity index (χ0) is 23.2. The van der Waals surface area contributed by atoms with Gasteiger partial charge in [0.25, 0.3) is 5.91 Å². The van der Waals surface area contributed by atoms with E-state index < -0.39 is 0 Å². The van der Waals surface area contributed by atoms with E-state index in [1.807, 2.05) is 36.4 Å². The fourth-order valence-electron chi connectivity index (χ4n) is 4.04. The molecule has 0 bridgehead atoms. The quantitative estimate of drug-likeness (QED) is 0.552. The van der Waals surface area contributed by atoms with Crippen LogP contribution in [0.1, 0.15) is 32.9 Å². The SMILES string of the molecule is COc1ccc(OC)c(CC(=O)N2CCc3[nH]nc(C(=O)NCCc4ccccc4)c3C2)c1. The maximum atomic E-state index is 13.1. The maximum absolute atomic E-state index is 13.1. The molecule has 0 atom stereocenters. The first-order chi connectivity index (χ1) is 16.1. The maximum Gasteiger partial charge on any atom is 0.272 e. The van der Waals surface area contributed by atoms with Crippen molar-refractivity contribution in [1.82, 2.24) is 20.4 Å². The molecule has 0 fully saturated rings. The van der Waals surface area contributed by atoms with Crippen LogP contribution in [0.25, 0.3) is 0 Å². The van der Waals surface area contributed by atoms with Crippen molar-refractivity contribution in [1.29, 1.82) is 0 Å². The molecule has 2 N–H and O–H groups in total. The molecule has 2 heterocycles. The molecule has 8 nitrogen and oxygen atoms in total. The van der Waals surface area contributed by atoms with Crippen LogP contribution in [0.4, 0.5) is 0 Å². The molecule has 0 saturated carbocycles. The van der Waals surface area contributed by atoms with Gasteiger partial charge in [0.15, 0.2) is 5.69 Å². The molecule has 0 spiro atoms. The summed E-state index contributed by atoms with van der Waals surface area (Å²) in [4.78, 5) is 27.6. The molecule has 33 heavy (non-hydrogen) atoms. The lowest BCUT2D eigenvalue weighted by Crippen LogP contribution is -2.38. The summed E-state index contributed by atoms with van der Waals surface area (Å²) in [6, 6.07) is 15.4. The summed E-state index contributed by atoms with van der Waals surface area (Å²) in [5, 5.41) is 10.2. The highest BCUT2D eigenvalue weighted by Crippen LogP contribution is 2.26. The smallest absolute Gasteiger partial charge is 0.272 e. The van der Waals surface area contributed by atoms with E-state index in [1.54, 1.807) is 31.3 Å². The van der Waals surface area contributed by atoms with Gasteiger partial charge in [-0.2, -0.15) is 5.10 Å². The molecule has 4 rings (SSSR count). The molecule has 1 aliphatic heterocycles. The third kappa shape index (κ3) is 5.16. The number of hydrogen-bond acceptors (Lipinski definition) is 5. The second-order valence-corrected chi connectivity index (χ2v) is 7.94. The minimum atomic E-state index is -0.229. The van der Waals surface area contributed by atoms with Crippen molar-refractivity contribution < 1.29 is 19.1 Å². The van der Waals surface area contributed by atoms with E-state index in [-0.39, 0.29) is 18.2 Å². The van der Waals surface area contributed by atoms with Gasteiger partial charge in [-0.3, -0.25) is 14.7 Å². The van der Waals surface area contributed by atoms with Crippen LogP contribution in [0.5, 0.6) is 11.5 Å². The first kappa shape index (κ1) is 22.4. The monoisotopic (exact) mass is 448 g/mol. The van der Waals surface area contributed by atoms with Gasteiger partial charge in [-0.25, -0.2) is 0 Å². The standard InChI is InChI=1S/C25H28N4O4/c1-32-19-8-9-22(33-2)18(14-19)15-23(30)29-13-11-21-20(16-29)24(28-27-21)25(31)26-12-10-17-6-4-3-5-7-17/h3-9,14H,10-13,15-16H2,1-2H3,(H,26,31)(H,27,28). The molecule has 0 saturated heterocycles. The number of aromatic amines is 1. The Hall–Kier alpha value is -3.81. The van der Waals surface area contributed by atoms with Gasteiger partial charge >= 0.3 is 0 Å². The van der Waals surface area contributed by atoms with Crippen molar-refractivity contribution in [2.24, 2.45) is 0 Å². The van der Waals surface area contributed by atoms with Crippen LogP contribution in [0.3, 0.4) is 0 Å². The molecule has 1 aromatic heterocycles. The first-order valence-electron chi connectivity index (χ1n) is 11.0. The summed E-state index contributed by atoms with van der Waals surface area (Å²) in [5.41, 5.74) is 3.97. The minimum absolute atomic E-state index is 0.0381. The van der Waals surface area contributed by atoms with E-state index in [2.05, 4.69) is 15.5 Å². The number of carbonyl (C=O) groups is 2. The number of methoxy groups -OCH3 is 2. The van der Waals surface area contributed by atoms with E-state index in [0.29, 0.717) is 43.2 Å². The summed E-state index contributed by atoms with van der Waals surface area (Å²) in [5.74, 6) is 1.04. The topological polar surface area (TPSA) is 96.6 Å². The number of ether oxygens (including phenoxy) is 2. The van der Waals surface area contributed by atoms with Gasteiger partial charge in [0.05, 0.1) is 20.6 Å². The van der Waals surface area contributed by atoms with Gasteiger partial charge < -0.3 is 19.7 Å². The lowest BCUT2D eigenvalue weighted by atomic mass is 10.0. The second kappa shape index (κ2) is 10.2. The number of H-pyrrole nitrogens is 1. The lowest BCUT2D eigenvalue weighted by molar-refractivity contribution is -0.131. The van der Waals surface area contributed by atoms with Gasteiger partial charge in [0.1, 0.15) is 11.5 Å². The third-order valence-corrected chi connectivity index (χ3v) is 5.87. The molecule has 172 valence electrons. The van der Waals surface area contributed by atoms with Crippen LogP contribution >= 0.6 is 0 Å². The number of fused-ring (bicyclic) bond motifs is 1. The van der Waals surface area contributed by atoms with Gasteiger partial charge in [-0.05, 0) is 30.2 Å². The molecule has 2 aromatic carbocycles. The Kier molecular flexibility index (Phi) is 6.92. The number of nitrogens with one attached hydrogen (secondary N) is 2. The Balaban J connectivity index is 1.40. The van der Waals surface area contributed by atoms with Crippen molar-refractivity contribution >= 4 is 11.8 Å². The largest absolute Gasteiger partial charge is 0.497 e. The summed E-state index contributed by atoms with van der Waals surface area (Å²) < 4.78 is 10.7. The highest BCUT2D eigenvalue weighted by Gasteiger charge is 2.28. The number of benzene rings is 2. The van der Waals surface area contributed by atoms with Gasteiger partial charge in [-0.1, -0.05) is 30.3 Å². The third-order valence-electron chi connectivity index (χ3n) is 5.87. The highest BCUT2D eigenvalue weighted by molar-refractivity contribution is 5.94. The van der Waals surface area contributed by atoms with Crippen molar-refractivity contribution in [3.8, 4) is 11.5 Å². The summed E-state index contributed by atoms with van der Waals surface area (Å²) in [6.45, 7) is 1.43. The Morgan fingerprint density at radius 1 is 1.12 bits per heavy atom. The molecular weight excluding hydrogens is 420 g/mol. The number of aromatic nitrogens is 2. The van der Waals surface area contributed by atoms with E-state index in [1.165, 1.54) is 0 Å². The molecule has 0 unspecified atom stereocenters. The summed E-state index contributed by atoms with van der Waals surface area (Å²) >= 11 is 0. The molecular formula is C25H28N4O4. The van der Waals surface area contributed by atoms with Crippen molar-refractivity contribution in [2.45, 2.75) is 25.8 Å². The number of hydrogen-bond donors (Lipinski definition) is 2. The van der Waals surface area contributed by atoms with Gasteiger partial charge in [0.2, 0.25) is 5.91 Å². The Morgan fingerprint density at radius 3 is 2.70 bits per heavy atom. The van der Waals surface area contributed by atoms with Crippen LogP contribution < -0.4 is 14.8 Å². The molecule has 0 aliphatic carbocycles. The van der Waals surface area contributed by atoms with Crippen LogP contribution in [0.2, 0.25) is 0 Å². The minimum Gasteiger partial charge on any atom is -0.497 e. The molecule has 2 amide bonds. The lowest BCUT2D eigenvalue weighted by Gasteiger charge is -2.27. The average Bonchev–Trinajstić information content (AvgIpc) is 3.28. The van der Waals surface area contributed by atoms with Crippen LogP contribution in [0.15, 0.2) is 48.5 Å². The highest BCUT2D eigenvalue weighted by atomic mass is 16.5. The Bertz CT molecular complexity index is 1130. The average molecular weight is 449 g/mol. The number of carbonyl (C=O) groups excluding carboxylic acids is 2. The summed E-state index contributed by atoms with van der Waals surface area (Å²) in [7, 11) is 3.17. The van der Waals surface area contributed by atoms with Gasteiger partial charge in [-0.15, -0.1) is 0 Å². The molecule has 1 aliphatic rings. The number of amides is 2. The van der Waals surface area contributed by atoms with Crippen molar-refractivity contribution in [3.63, 3.8) is 0 Å². The molecule has 0 radical (unpaired) electrons. The van der Waals surface area contributed by atoms with E-state index in [0.717, 1.165) is 28.8 Å². The fraction of sp³-hybridized carbons (Fsp3) is 0.320. The van der Waals surface area contributed by atoms with Crippen LogP contribution in [-0.4, -0.2) is 54.2 Å². The normalized spacial score (nSPS) is 12.7. The number of rotatable bonds is 8.